The van der Waals surface area contributed by atoms with Crippen LogP contribution in [-0.2, 0) is 4.79 Å². The lowest BCUT2D eigenvalue weighted by molar-refractivity contribution is -0.121. The Morgan fingerprint density at radius 1 is 1.13 bits per heavy atom. The molecule has 4 rings (SSSR count). The highest BCUT2D eigenvalue weighted by atomic mass is 32.2. The van der Waals surface area contributed by atoms with Crippen LogP contribution < -0.4 is 10.9 Å². The van der Waals surface area contributed by atoms with E-state index in [2.05, 4.69) is 34.6 Å². The van der Waals surface area contributed by atoms with E-state index in [-0.39, 0.29) is 23.4 Å². The van der Waals surface area contributed by atoms with Gasteiger partial charge in [0.05, 0.1) is 6.04 Å². The summed E-state index contributed by atoms with van der Waals surface area (Å²) in [5.74, 6) is 0.904. The van der Waals surface area contributed by atoms with Crippen molar-refractivity contribution in [1.82, 2.24) is 14.9 Å². The number of nitrogens with zero attached hydrogens (tertiary/aromatic N) is 2. The Labute approximate surface area is 180 Å². The summed E-state index contributed by atoms with van der Waals surface area (Å²) in [6, 6.07) is 22.2. The largest absolute Gasteiger partial charge is 0.356 e. The van der Waals surface area contributed by atoms with Gasteiger partial charge in [0.2, 0.25) is 5.91 Å². The van der Waals surface area contributed by atoms with Gasteiger partial charge >= 0.3 is 0 Å². The van der Waals surface area contributed by atoms with E-state index in [4.69, 9.17) is 0 Å². The topological polar surface area (TPSA) is 64.0 Å². The summed E-state index contributed by atoms with van der Waals surface area (Å²) < 4.78 is 1.66. The first kappa shape index (κ1) is 20.4. The lowest BCUT2D eigenvalue weighted by Crippen LogP contribution is -2.31. The highest BCUT2D eigenvalue weighted by molar-refractivity contribution is 7.99. The molecule has 30 heavy (non-hydrogen) atoms. The third-order valence-electron chi connectivity index (χ3n) is 5.40. The molecule has 1 aromatic heterocycles. The number of aryl methyl sites for hydroxylation is 1. The monoisotopic (exact) mass is 419 g/mol. The molecule has 154 valence electrons. The quantitative estimate of drug-likeness (QED) is 0.590. The number of benzene rings is 2. The summed E-state index contributed by atoms with van der Waals surface area (Å²) in [6.45, 7) is 2.40. The zero-order chi connectivity index (χ0) is 20.9. The first-order valence-corrected chi connectivity index (χ1v) is 11.2. The Hall–Kier alpha value is -2.86. The maximum atomic E-state index is 12.6. The molecule has 2 heterocycles. The second kappa shape index (κ2) is 9.30. The average Bonchev–Trinajstić information content (AvgIpc) is 3.15. The molecule has 1 aliphatic heterocycles. The fourth-order valence-electron chi connectivity index (χ4n) is 3.95. The summed E-state index contributed by atoms with van der Waals surface area (Å²) in [5, 5.41) is 3.77. The number of hydrogen-bond donors (Lipinski definition) is 1. The van der Waals surface area contributed by atoms with Crippen LogP contribution in [0.2, 0.25) is 0 Å². The van der Waals surface area contributed by atoms with Crippen LogP contribution in [0.15, 0.2) is 76.7 Å². The smallest absolute Gasteiger partial charge is 0.254 e. The maximum Gasteiger partial charge on any atom is 0.254 e. The second-order valence-electron chi connectivity index (χ2n) is 7.57. The van der Waals surface area contributed by atoms with Crippen molar-refractivity contribution in [2.75, 3.05) is 12.3 Å². The minimum Gasteiger partial charge on any atom is -0.356 e. The van der Waals surface area contributed by atoms with E-state index >= 15 is 0 Å². The Morgan fingerprint density at radius 2 is 1.77 bits per heavy atom. The second-order valence-corrected chi connectivity index (χ2v) is 8.56. The Morgan fingerprint density at radius 3 is 2.40 bits per heavy atom. The molecule has 0 saturated heterocycles. The molecule has 5 nitrogen and oxygen atoms in total. The zero-order valence-electron chi connectivity index (χ0n) is 17.0. The van der Waals surface area contributed by atoms with Gasteiger partial charge in [-0.1, -0.05) is 72.4 Å². The first-order valence-electron chi connectivity index (χ1n) is 10.2. The van der Waals surface area contributed by atoms with Crippen LogP contribution in [0.5, 0.6) is 0 Å². The summed E-state index contributed by atoms with van der Waals surface area (Å²) in [6.07, 6.45) is 1.11. The summed E-state index contributed by atoms with van der Waals surface area (Å²) >= 11 is 1.54. The van der Waals surface area contributed by atoms with Crippen molar-refractivity contribution in [2.45, 2.75) is 36.9 Å². The molecule has 0 unspecified atom stereocenters. The van der Waals surface area contributed by atoms with Crippen LogP contribution in [0.3, 0.4) is 0 Å². The molecule has 0 radical (unpaired) electrons. The molecule has 0 saturated carbocycles. The van der Waals surface area contributed by atoms with Crippen molar-refractivity contribution in [3.05, 3.63) is 93.9 Å². The van der Waals surface area contributed by atoms with Gasteiger partial charge in [0.25, 0.3) is 5.56 Å². The third-order valence-corrected chi connectivity index (χ3v) is 6.50. The van der Waals surface area contributed by atoms with Gasteiger partial charge in [-0.2, -0.15) is 0 Å². The van der Waals surface area contributed by atoms with Crippen molar-refractivity contribution in [3.8, 4) is 0 Å². The van der Waals surface area contributed by atoms with Gasteiger partial charge in [0, 0.05) is 36.4 Å². The number of hydrogen-bond acceptors (Lipinski definition) is 4. The van der Waals surface area contributed by atoms with Crippen LogP contribution in [0.4, 0.5) is 0 Å². The molecule has 1 N–H and O–H groups in total. The van der Waals surface area contributed by atoms with Crippen LogP contribution in [0, 0.1) is 6.92 Å². The summed E-state index contributed by atoms with van der Waals surface area (Å²) in [5.41, 5.74) is 3.13. The SMILES string of the molecule is Cc1cc(=O)n2c(n1)SC[C@@H]2CC(=O)NCCC(c1ccccc1)c1ccccc1. The van der Waals surface area contributed by atoms with Crippen molar-refractivity contribution >= 4 is 17.7 Å². The fourth-order valence-corrected chi connectivity index (χ4v) is 5.15. The fraction of sp³-hybridized carbons (Fsp3) is 0.292. The van der Waals surface area contributed by atoms with E-state index in [0.29, 0.717) is 23.9 Å². The normalized spacial score (nSPS) is 15.2. The van der Waals surface area contributed by atoms with Gasteiger partial charge < -0.3 is 5.32 Å². The predicted octanol–water partition coefficient (Wildman–Crippen LogP) is 3.93. The highest BCUT2D eigenvalue weighted by Crippen LogP contribution is 2.32. The van der Waals surface area contributed by atoms with Gasteiger partial charge in [0.15, 0.2) is 5.16 Å². The molecule has 3 aromatic rings. The van der Waals surface area contributed by atoms with E-state index in [0.717, 1.165) is 12.1 Å². The minimum absolute atomic E-state index is 0.0270. The van der Waals surface area contributed by atoms with Crippen LogP contribution >= 0.6 is 11.8 Å². The minimum atomic E-state index is -0.135. The Kier molecular flexibility index (Phi) is 6.33. The number of fused-ring (bicyclic) bond motifs is 1. The lowest BCUT2D eigenvalue weighted by Gasteiger charge is -2.19. The van der Waals surface area contributed by atoms with Crippen LogP contribution in [-0.4, -0.2) is 27.8 Å². The molecule has 0 aliphatic carbocycles. The molecule has 6 heteroatoms. The number of carbonyl (C=O) groups excluding carboxylic acids is 1. The molecule has 1 atom stereocenters. The Bertz CT molecular complexity index is 1030. The third kappa shape index (κ3) is 4.65. The molecule has 1 aliphatic rings. The van der Waals surface area contributed by atoms with E-state index in [1.54, 1.807) is 16.3 Å². The molecule has 0 spiro atoms. The van der Waals surface area contributed by atoms with E-state index < -0.39 is 0 Å². The number of aromatic nitrogens is 2. The average molecular weight is 420 g/mol. The van der Waals surface area contributed by atoms with Crippen molar-refractivity contribution < 1.29 is 4.79 Å². The zero-order valence-corrected chi connectivity index (χ0v) is 17.8. The molecule has 1 amide bonds. The van der Waals surface area contributed by atoms with E-state index in [1.165, 1.54) is 17.2 Å². The van der Waals surface area contributed by atoms with Crippen molar-refractivity contribution in [3.63, 3.8) is 0 Å². The van der Waals surface area contributed by atoms with E-state index in [1.807, 2.05) is 43.3 Å². The highest BCUT2D eigenvalue weighted by Gasteiger charge is 2.27. The van der Waals surface area contributed by atoms with Gasteiger partial charge in [-0.3, -0.25) is 14.2 Å². The predicted molar refractivity (Wildman–Crippen MR) is 120 cm³/mol. The maximum absolute atomic E-state index is 12.6. The number of thioether (sulfide) groups is 1. The van der Waals surface area contributed by atoms with Crippen LogP contribution in [0.25, 0.3) is 0 Å². The molecular formula is C24H25N3O2S. The number of nitrogens with one attached hydrogen (secondary N) is 1. The Balaban J connectivity index is 1.38. The standard InChI is InChI=1S/C24H25N3O2S/c1-17-14-23(29)27-20(16-30-24(27)26-17)15-22(28)25-13-12-21(18-8-4-2-5-9-18)19-10-6-3-7-11-19/h2-11,14,20-21H,12-13,15-16H2,1H3,(H,25,28)/t20-/m0/s1. The summed E-state index contributed by atoms with van der Waals surface area (Å²) in [4.78, 5) is 29.3. The lowest BCUT2D eigenvalue weighted by atomic mass is 9.88. The van der Waals surface area contributed by atoms with E-state index in [9.17, 15) is 9.59 Å². The van der Waals surface area contributed by atoms with Gasteiger partial charge in [-0.25, -0.2) is 4.98 Å². The van der Waals surface area contributed by atoms with Gasteiger partial charge in [0.1, 0.15) is 0 Å². The molecule has 2 aromatic carbocycles. The number of amides is 1. The molecule has 0 bridgehead atoms. The van der Waals surface area contributed by atoms with Crippen molar-refractivity contribution in [2.24, 2.45) is 0 Å². The molecular weight excluding hydrogens is 394 g/mol. The number of rotatable bonds is 7. The van der Waals surface area contributed by atoms with Crippen LogP contribution in [0.1, 0.15) is 41.6 Å². The molecule has 0 fully saturated rings. The van der Waals surface area contributed by atoms with Crippen molar-refractivity contribution in [1.29, 1.82) is 0 Å². The van der Waals surface area contributed by atoms with Gasteiger partial charge in [-0.05, 0) is 24.5 Å². The van der Waals surface area contributed by atoms with Gasteiger partial charge in [-0.15, -0.1) is 0 Å². The number of carbonyl (C=O) groups is 1. The first-order chi connectivity index (χ1) is 14.6. The summed E-state index contributed by atoms with van der Waals surface area (Å²) in [7, 11) is 0.